The highest BCUT2D eigenvalue weighted by atomic mass is 127. The molecule has 0 aromatic heterocycles. The van der Waals surface area contributed by atoms with Gasteiger partial charge in [0, 0.05) is 47.8 Å². The summed E-state index contributed by atoms with van der Waals surface area (Å²) in [5.41, 5.74) is 3.42. The van der Waals surface area contributed by atoms with Crippen molar-refractivity contribution >= 4 is 40.5 Å². The molecule has 0 radical (unpaired) electrons. The molecule has 2 aliphatic heterocycles. The van der Waals surface area contributed by atoms with Crippen molar-refractivity contribution < 1.29 is 9.59 Å². The van der Waals surface area contributed by atoms with E-state index in [1.165, 1.54) is 30.4 Å². The molecular weight excluding hydrogens is 647 g/mol. The standard InChI is InChI=1S/C36H43IN4O2/c37-31-17-14-28(15-18-31)16-19-35(42)38-26-32-20-25-41(36(43)34(39-32)21-24-40-22-8-3-9-23-40)27-33(29-10-4-1-5-11-29)30-12-6-2-7-13-30/h1-2,4-7,10-19,32-34,39H,3,8-9,20-27H2,(H,38,42)/b19-16+/t32-,34-/m0/s1. The lowest BCUT2D eigenvalue weighted by molar-refractivity contribution is -0.133. The maximum Gasteiger partial charge on any atom is 0.244 e. The van der Waals surface area contributed by atoms with E-state index in [4.69, 9.17) is 0 Å². The largest absolute Gasteiger partial charge is 0.351 e. The van der Waals surface area contributed by atoms with Crippen LogP contribution in [-0.4, -0.2) is 73.0 Å². The molecular formula is C36H43IN4O2. The molecule has 2 N–H and O–H groups in total. The second-order valence-corrected chi connectivity index (χ2v) is 12.9. The van der Waals surface area contributed by atoms with Crippen LogP contribution in [0.4, 0.5) is 0 Å². The predicted octanol–water partition coefficient (Wildman–Crippen LogP) is 5.69. The van der Waals surface area contributed by atoms with E-state index < -0.39 is 0 Å². The minimum absolute atomic E-state index is 0.0165. The van der Waals surface area contributed by atoms with Crippen molar-refractivity contribution in [3.63, 3.8) is 0 Å². The molecule has 0 spiro atoms. The highest BCUT2D eigenvalue weighted by Gasteiger charge is 2.33. The summed E-state index contributed by atoms with van der Waals surface area (Å²) in [6, 6.07) is 28.8. The van der Waals surface area contributed by atoms with Crippen molar-refractivity contribution in [2.45, 2.75) is 50.1 Å². The summed E-state index contributed by atoms with van der Waals surface area (Å²) in [5.74, 6) is 0.143. The minimum Gasteiger partial charge on any atom is -0.351 e. The first kappa shape index (κ1) is 31.4. The molecule has 0 saturated carbocycles. The Balaban J connectivity index is 1.28. The zero-order valence-electron chi connectivity index (χ0n) is 24.8. The molecule has 226 valence electrons. The van der Waals surface area contributed by atoms with E-state index in [9.17, 15) is 9.59 Å². The second-order valence-electron chi connectivity index (χ2n) is 11.7. The van der Waals surface area contributed by atoms with Crippen LogP contribution >= 0.6 is 22.6 Å². The number of piperidine rings is 1. The van der Waals surface area contributed by atoms with Gasteiger partial charge in [-0.25, -0.2) is 0 Å². The fraction of sp³-hybridized carbons (Fsp3) is 0.389. The van der Waals surface area contributed by atoms with Gasteiger partial charge in [-0.15, -0.1) is 0 Å². The Hall–Kier alpha value is -3.01. The average Bonchev–Trinajstić information content (AvgIpc) is 3.20. The summed E-state index contributed by atoms with van der Waals surface area (Å²) in [6.45, 7) is 4.91. The zero-order valence-corrected chi connectivity index (χ0v) is 27.0. The topological polar surface area (TPSA) is 64.7 Å². The Kier molecular flexibility index (Phi) is 11.8. The van der Waals surface area contributed by atoms with Crippen molar-refractivity contribution in [2.24, 2.45) is 0 Å². The van der Waals surface area contributed by atoms with Crippen LogP contribution in [0.5, 0.6) is 0 Å². The third-order valence-electron chi connectivity index (χ3n) is 8.60. The zero-order chi connectivity index (χ0) is 29.9. The van der Waals surface area contributed by atoms with Crippen molar-refractivity contribution in [3.8, 4) is 0 Å². The number of carbonyl (C=O) groups excluding carboxylic acids is 2. The van der Waals surface area contributed by atoms with E-state index in [1.54, 1.807) is 6.08 Å². The van der Waals surface area contributed by atoms with E-state index in [-0.39, 0.29) is 29.8 Å². The number of rotatable bonds is 11. The number of amides is 2. The first-order valence-electron chi connectivity index (χ1n) is 15.6. The summed E-state index contributed by atoms with van der Waals surface area (Å²) in [5, 5.41) is 6.75. The minimum atomic E-state index is -0.277. The van der Waals surface area contributed by atoms with E-state index in [1.807, 2.05) is 42.5 Å². The fourth-order valence-corrected chi connectivity index (χ4v) is 6.51. The number of benzene rings is 3. The molecule has 2 amide bonds. The van der Waals surface area contributed by atoms with Crippen LogP contribution in [0.1, 0.15) is 54.7 Å². The van der Waals surface area contributed by atoms with Gasteiger partial charge in [-0.3, -0.25) is 9.59 Å². The van der Waals surface area contributed by atoms with Gasteiger partial charge in [0.1, 0.15) is 0 Å². The molecule has 6 nitrogen and oxygen atoms in total. The summed E-state index contributed by atoms with van der Waals surface area (Å²) >= 11 is 2.27. The van der Waals surface area contributed by atoms with Crippen molar-refractivity contribution in [2.75, 3.05) is 39.3 Å². The van der Waals surface area contributed by atoms with Gasteiger partial charge in [0.15, 0.2) is 0 Å². The quantitative estimate of drug-likeness (QED) is 0.201. The fourth-order valence-electron chi connectivity index (χ4n) is 6.15. The Bertz CT molecular complexity index is 1290. The molecule has 2 aliphatic rings. The van der Waals surface area contributed by atoms with Gasteiger partial charge in [-0.1, -0.05) is 79.2 Å². The highest BCUT2D eigenvalue weighted by molar-refractivity contribution is 14.1. The van der Waals surface area contributed by atoms with Gasteiger partial charge in [0.05, 0.1) is 6.04 Å². The van der Waals surface area contributed by atoms with E-state index in [0.29, 0.717) is 19.6 Å². The SMILES string of the molecule is O=C(/C=C/c1ccc(I)cc1)NC[C@@H]1CCN(CC(c2ccccc2)c2ccccc2)C(=O)[C@H](CCN2CCCCC2)N1. The number of nitrogens with one attached hydrogen (secondary N) is 2. The van der Waals surface area contributed by atoms with Crippen LogP contribution < -0.4 is 10.6 Å². The van der Waals surface area contributed by atoms with E-state index >= 15 is 0 Å². The monoisotopic (exact) mass is 690 g/mol. The third-order valence-corrected chi connectivity index (χ3v) is 9.32. The molecule has 2 atom stereocenters. The van der Waals surface area contributed by atoms with Crippen LogP contribution in [0.25, 0.3) is 6.08 Å². The normalized spacial score (nSPS) is 20.0. The van der Waals surface area contributed by atoms with Crippen molar-refractivity contribution in [3.05, 3.63) is 111 Å². The smallest absolute Gasteiger partial charge is 0.244 e. The molecule has 0 bridgehead atoms. The van der Waals surface area contributed by atoms with E-state index in [0.717, 1.165) is 41.6 Å². The van der Waals surface area contributed by atoms with Gasteiger partial charge >= 0.3 is 0 Å². The van der Waals surface area contributed by atoms with Gasteiger partial charge < -0.3 is 20.4 Å². The highest BCUT2D eigenvalue weighted by Crippen LogP contribution is 2.27. The third kappa shape index (κ3) is 9.49. The van der Waals surface area contributed by atoms with Crippen LogP contribution in [0.15, 0.2) is 91.0 Å². The molecule has 43 heavy (non-hydrogen) atoms. The molecule has 3 aromatic rings. The molecule has 7 heteroatoms. The summed E-state index contributed by atoms with van der Waals surface area (Å²) in [4.78, 5) is 31.4. The summed E-state index contributed by atoms with van der Waals surface area (Å²) < 4.78 is 1.16. The lowest BCUT2D eigenvalue weighted by atomic mass is 9.90. The Morgan fingerprint density at radius 2 is 1.56 bits per heavy atom. The van der Waals surface area contributed by atoms with Gasteiger partial charge in [-0.05, 0) is 96.3 Å². The lowest BCUT2D eigenvalue weighted by Gasteiger charge is -2.31. The summed E-state index contributed by atoms with van der Waals surface area (Å²) in [7, 11) is 0. The Labute approximate surface area is 270 Å². The molecule has 3 aromatic carbocycles. The molecule has 2 fully saturated rings. The first-order valence-corrected chi connectivity index (χ1v) is 16.7. The number of hydrogen-bond acceptors (Lipinski definition) is 4. The van der Waals surface area contributed by atoms with Gasteiger partial charge in [0.2, 0.25) is 11.8 Å². The van der Waals surface area contributed by atoms with Crippen molar-refractivity contribution in [1.29, 1.82) is 0 Å². The average molecular weight is 691 g/mol. The molecule has 0 aliphatic carbocycles. The second kappa shape index (κ2) is 16.2. The van der Waals surface area contributed by atoms with Crippen LogP contribution in [-0.2, 0) is 9.59 Å². The molecule has 0 unspecified atom stereocenters. The first-order chi connectivity index (χ1) is 21.0. The van der Waals surface area contributed by atoms with Crippen molar-refractivity contribution in [1.82, 2.24) is 20.4 Å². The summed E-state index contributed by atoms with van der Waals surface area (Å²) in [6.07, 6.45) is 8.75. The van der Waals surface area contributed by atoms with Gasteiger partial charge in [0.25, 0.3) is 0 Å². The number of nitrogens with zero attached hydrogens (tertiary/aromatic N) is 2. The Morgan fingerprint density at radius 3 is 2.21 bits per heavy atom. The van der Waals surface area contributed by atoms with Gasteiger partial charge in [-0.2, -0.15) is 0 Å². The molecule has 2 heterocycles. The molecule has 2 saturated heterocycles. The maximum atomic E-state index is 14.1. The maximum absolute atomic E-state index is 14.1. The number of carbonyl (C=O) groups is 2. The predicted molar refractivity (Wildman–Crippen MR) is 183 cm³/mol. The lowest BCUT2D eigenvalue weighted by Crippen LogP contribution is -2.50. The Morgan fingerprint density at radius 1 is 0.907 bits per heavy atom. The van der Waals surface area contributed by atoms with E-state index in [2.05, 4.69) is 91.6 Å². The number of likely N-dealkylation sites (tertiary alicyclic amines) is 1. The number of halogens is 1. The van der Waals surface area contributed by atoms with Crippen LogP contribution in [0.3, 0.4) is 0 Å². The van der Waals surface area contributed by atoms with Crippen LogP contribution in [0.2, 0.25) is 0 Å². The molecule has 5 rings (SSSR count). The van der Waals surface area contributed by atoms with Crippen LogP contribution in [0, 0.1) is 3.57 Å². The number of hydrogen-bond donors (Lipinski definition) is 2.